The van der Waals surface area contributed by atoms with Gasteiger partial charge < -0.3 is 13.9 Å². The Kier molecular flexibility index (Phi) is 6.95. The lowest BCUT2D eigenvalue weighted by molar-refractivity contribution is -0.143. The number of aromatic nitrogens is 3. The Labute approximate surface area is 170 Å². The molecule has 148 valence electrons. The van der Waals surface area contributed by atoms with Gasteiger partial charge in [-0.15, -0.1) is 0 Å². The van der Waals surface area contributed by atoms with Gasteiger partial charge in [0.15, 0.2) is 4.77 Å². The van der Waals surface area contributed by atoms with Gasteiger partial charge in [0, 0.05) is 32.0 Å². The maximum atomic E-state index is 11.9. The highest BCUT2D eigenvalue weighted by molar-refractivity contribution is 7.71. The summed E-state index contributed by atoms with van der Waals surface area (Å²) in [6.45, 7) is 7.00. The minimum Gasteiger partial charge on any atom is -0.466 e. The first-order valence-corrected chi connectivity index (χ1v) is 9.99. The Morgan fingerprint density at radius 3 is 2.54 bits per heavy atom. The molecule has 0 aliphatic rings. The predicted octanol–water partition coefficient (Wildman–Crippen LogP) is 4.00. The minimum absolute atomic E-state index is 0.182. The van der Waals surface area contributed by atoms with Crippen molar-refractivity contribution in [3.8, 4) is 0 Å². The molecule has 0 radical (unpaired) electrons. The number of benzene rings is 1. The molecule has 0 N–H and O–H groups in total. The van der Waals surface area contributed by atoms with Crippen LogP contribution < -0.4 is 0 Å². The molecule has 1 aromatic carbocycles. The number of hydrogen-bond donors (Lipinski definition) is 0. The molecule has 0 fully saturated rings. The fraction of sp³-hybridized carbons (Fsp3) is 0.381. The molecule has 0 spiro atoms. The largest absolute Gasteiger partial charge is 0.466 e. The van der Waals surface area contributed by atoms with E-state index in [2.05, 4.69) is 38.1 Å². The van der Waals surface area contributed by atoms with Crippen molar-refractivity contribution in [3.63, 3.8) is 0 Å². The van der Waals surface area contributed by atoms with E-state index in [1.54, 1.807) is 6.20 Å². The third-order valence-corrected chi connectivity index (χ3v) is 5.09. The number of rotatable bonds is 9. The second-order valence-electron chi connectivity index (χ2n) is 6.55. The van der Waals surface area contributed by atoms with Crippen LogP contribution in [0.25, 0.3) is 11.0 Å². The Balaban J connectivity index is 1.88. The summed E-state index contributed by atoms with van der Waals surface area (Å²) < 4.78 is 10.2. The maximum absolute atomic E-state index is 11.9. The molecule has 0 amide bonds. The monoisotopic (exact) mass is 398 g/mol. The minimum atomic E-state index is -0.182. The molecule has 0 atom stereocenters. The van der Waals surface area contributed by atoms with Crippen LogP contribution in [-0.2, 0) is 29.3 Å². The molecular formula is C21H26N4O2S. The first-order valence-electron chi connectivity index (χ1n) is 9.59. The highest BCUT2D eigenvalue weighted by Gasteiger charge is 2.15. The predicted molar refractivity (Wildman–Crippen MR) is 112 cm³/mol. The zero-order valence-electron chi connectivity index (χ0n) is 16.4. The highest BCUT2D eigenvalue weighted by Crippen LogP contribution is 2.19. The SMILES string of the molecule is CCOC(=O)CCN(Cc1cccnc1)Cn1c(=S)n(CC)c2ccccc21. The number of ether oxygens (including phenoxy) is 1. The average Bonchev–Trinajstić information content (AvgIpc) is 2.98. The van der Waals surface area contributed by atoms with Crippen molar-refractivity contribution in [1.29, 1.82) is 0 Å². The van der Waals surface area contributed by atoms with Crippen molar-refractivity contribution >= 4 is 29.2 Å². The zero-order valence-corrected chi connectivity index (χ0v) is 17.2. The molecule has 3 aromatic rings. The molecule has 0 unspecified atom stereocenters. The second kappa shape index (κ2) is 9.61. The van der Waals surface area contributed by atoms with Crippen LogP contribution in [0.2, 0.25) is 0 Å². The van der Waals surface area contributed by atoms with Crippen molar-refractivity contribution in [2.45, 2.75) is 40.0 Å². The molecule has 28 heavy (non-hydrogen) atoms. The van der Waals surface area contributed by atoms with E-state index in [-0.39, 0.29) is 5.97 Å². The first kappa shape index (κ1) is 20.2. The number of imidazole rings is 1. The molecule has 0 aliphatic carbocycles. The Morgan fingerprint density at radius 2 is 1.89 bits per heavy atom. The van der Waals surface area contributed by atoms with Crippen molar-refractivity contribution in [1.82, 2.24) is 19.0 Å². The number of aryl methyl sites for hydroxylation is 1. The smallest absolute Gasteiger partial charge is 0.307 e. The third kappa shape index (κ3) is 4.66. The number of carbonyl (C=O) groups is 1. The van der Waals surface area contributed by atoms with Crippen LogP contribution in [-0.4, -0.2) is 38.1 Å². The summed E-state index contributed by atoms with van der Waals surface area (Å²) in [4.78, 5) is 18.3. The topological polar surface area (TPSA) is 52.3 Å². The summed E-state index contributed by atoms with van der Waals surface area (Å²) in [6.07, 6.45) is 3.96. The first-order chi connectivity index (χ1) is 13.6. The van der Waals surface area contributed by atoms with E-state index in [1.165, 1.54) is 0 Å². The van der Waals surface area contributed by atoms with Crippen LogP contribution in [0.5, 0.6) is 0 Å². The van der Waals surface area contributed by atoms with Crippen LogP contribution in [0.4, 0.5) is 0 Å². The van der Waals surface area contributed by atoms with Gasteiger partial charge in [-0.05, 0) is 49.8 Å². The summed E-state index contributed by atoms with van der Waals surface area (Å²) in [7, 11) is 0. The molecule has 0 saturated heterocycles. The highest BCUT2D eigenvalue weighted by atomic mass is 32.1. The van der Waals surface area contributed by atoms with Gasteiger partial charge in [-0.25, -0.2) is 0 Å². The van der Waals surface area contributed by atoms with E-state index in [1.807, 2.05) is 37.4 Å². The molecule has 0 saturated carbocycles. The fourth-order valence-corrected chi connectivity index (χ4v) is 3.73. The summed E-state index contributed by atoms with van der Waals surface area (Å²) >= 11 is 5.75. The van der Waals surface area contributed by atoms with E-state index in [9.17, 15) is 4.79 Å². The molecule has 0 bridgehead atoms. The maximum Gasteiger partial charge on any atom is 0.307 e. The van der Waals surface area contributed by atoms with Gasteiger partial charge in [-0.2, -0.15) is 0 Å². The van der Waals surface area contributed by atoms with E-state index in [4.69, 9.17) is 17.0 Å². The lowest BCUT2D eigenvalue weighted by atomic mass is 10.2. The van der Waals surface area contributed by atoms with E-state index in [0.717, 1.165) is 27.9 Å². The van der Waals surface area contributed by atoms with E-state index >= 15 is 0 Å². The number of fused-ring (bicyclic) bond motifs is 1. The van der Waals surface area contributed by atoms with Gasteiger partial charge in [0.1, 0.15) is 0 Å². The Bertz CT molecular complexity index is 981. The summed E-state index contributed by atoms with van der Waals surface area (Å²) in [5.74, 6) is -0.182. The molecule has 0 aliphatic heterocycles. The van der Waals surface area contributed by atoms with E-state index in [0.29, 0.717) is 32.8 Å². The summed E-state index contributed by atoms with van der Waals surface area (Å²) in [6, 6.07) is 12.2. The van der Waals surface area contributed by atoms with Crippen LogP contribution in [0.1, 0.15) is 25.8 Å². The lowest BCUT2D eigenvalue weighted by Crippen LogP contribution is -2.29. The zero-order chi connectivity index (χ0) is 19.9. The average molecular weight is 399 g/mol. The number of para-hydroxylation sites is 2. The Morgan fingerprint density at radius 1 is 1.14 bits per heavy atom. The third-order valence-electron chi connectivity index (χ3n) is 4.65. The van der Waals surface area contributed by atoms with Crippen LogP contribution >= 0.6 is 12.2 Å². The number of pyridine rings is 1. The second-order valence-corrected chi connectivity index (χ2v) is 6.92. The van der Waals surface area contributed by atoms with Gasteiger partial charge in [0.2, 0.25) is 0 Å². The summed E-state index contributed by atoms with van der Waals surface area (Å²) in [5, 5.41) is 0. The standard InChI is InChI=1S/C21H26N4O2S/c1-3-24-18-9-5-6-10-19(18)25(21(24)28)16-23(13-11-20(26)27-4-2)15-17-8-7-12-22-14-17/h5-10,12,14H,3-4,11,13,15-16H2,1-2H3. The fourth-order valence-electron chi connectivity index (χ4n) is 3.35. The number of esters is 1. The van der Waals surface area contributed by atoms with Gasteiger partial charge >= 0.3 is 5.97 Å². The van der Waals surface area contributed by atoms with Gasteiger partial charge in [0.05, 0.1) is 30.7 Å². The van der Waals surface area contributed by atoms with Crippen molar-refractivity contribution in [2.75, 3.05) is 13.2 Å². The van der Waals surface area contributed by atoms with Crippen LogP contribution in [0, 0.1) is 4.77 Å². The molecule has 6 nitrogen and oxygen atoms in total. The van der Waals surface area contributed by atoms with Gasteiger partial charge in [-0.1, -0.05) is 18.2 Å². The van der Waals surface area contributed by atoms with Crippen molar-refractivity contribution in [3.05, 3.63) is 59.1 Å². The molecule has 2 heterocycles. The van der Waals surface area contributed by atoms with Gasteiger partial charge in [0.25, 0.3) is 0 Å². The normalized spacial score (nSPS) is 11.2. The van der Waals surface area contributed by atoms with Crippen molar-refractivity contribution in [2.24, 2.45) is 0 Å². The summed E-state index contributed by atoms with van der Waals surface area (Å²) in [5.41, 5.74) is 3.32. The Hall–Kier alpha value is -2.51. The molecule has 7 heteroatoms. The van der Waals surface area contributed by atoms with Crippen molar-refractivity contribution < 1.29 is 9.53 Å². The van der Waals surface area contributed by atoms with Crippen LogP contribution in [0.3, 0.4) is 0 Å². The number of carbonyl (C=O) groups excluding carboxylic acids is 1. The molecular weight excluding hydrogens is 372 g/mol. The number of hydrogen-bond acceptors (Lipinski definition) is 5. The quantitative estimate of drug-likeness (QED) is 0.403. The number of nitrogens with zero attached hydrogens (tertiary/aromatic N) is 4. The molecule has 3 rings (SSSR count). The van der Waals surface area contributed by atoms with Crippen LogP contribution in [0.15, 0.2) is 48.8 Å². The molecule has 2 aromatic heterocycles. The van der Waals surface area contributed by atoms with E-state index < -0.39 is 0 Å². The lowest BCUT2D eigenvalue weighted by Gasteiger charge is -2.23. The van der Waals surface area contributed by atoms with Gasteiger partial charge in [-0.3, -0.25) is 14.7 Å².